The Hall–Kier alpha value is -0.610. The highest BCUT2D eigenvalue weighted by molar-refractivity contribution is 5.76. The lowest BCUT2D eigenvalue weighted by Crippen LogP contribution is -2.49. The van der Waals surface area contributed by atoms with Gasteiger partial charge in [-0.2, -0.15) is 0 Å². The summed E-state index contributed by atoms with van der Waals surface area (Å²) in [6.45, 7) is 2.00. The van der Waals surface area contributed by atoms with Crippen molar-refractivity contribution >= 4 is 5.97 Å². The fourth-order valence-corrected chi connectivity index (χ4v) is 3.84. The average molecular weight is 266 g/mol. The first-order chi connectivity index (χ1) is 9.28. The largest absolute Gasteiger partial charge is 0.468 e. The summed E-state index contributed by atoms with van der Waals surface area (Å²) in [5, 5.41) is 3.45. The summed E-state index contributed by atoms with van der Waals surface area (Å²) in [7, 11) is 1.50. The molecule has 1 heterocycles. The predicted octanol–water partition coefficient (Wildman–Crippen LogP) is 1.54. The van der Waals surface area contributed by atoms with E-state index in [2.05, 4.69) is 10.2 Å². The fourth-order valence-electron chi connectivity index (χ4n) is 3.84. The summed E-state index contributed by atoms with van der Waals surface area (Å²) >= 11 is 0. The number of esters is 1. The van der Waals surface area contributed by atoms with Crippen LogP contribution >= 0.6 is 0 Å². The molecule has 1 N–H and O–H groups in total. The molecule has 0 amide bonds. The van der Waals surface area contributed by atoms with E-state index in [0.717, 1.165) is 25.0 Å². The lowest BCUT2D eigenvalue weighted by molar-refractivity contribution is -0.143. The minimum Gasteiger partial charge on any atom is -0.468 e. The van der Waals surface area contributed by atoms with Gasteiger partial charge in [-0.25, -0.2) is 0 Å². The molecule has 0 aromatic heterocycles. The van der Waals surface area contributed by atoms with E-state index in [4.69, 9.17) is 4.74 Å². The third-order valence-corrected chi connectivity index (χ3v) is 5.04. The number of carbonyl (C=O) groups is 1. The summed E-state index contributed by atoms with van der Waals surface area (Å²) < 4.78 is 4.96. The number of hydrogen-bond donors (Lipinski definition) is 1. The molecule has 1 aliphatic heterocycles. The summed E-state index contributed by atoms with van der Waals surface area (Å²) in [6.07, 6.45) is 9.20. The number of ether oxygens (including phenoxy) is 1. The molecular formula is C15H26N2O2. The van der Waals surface area contributed by atoms with Crippen molar-refractivity contribution in [2.75, 3.05) is 20.2 Å². The number of likely N-dealkylation sites (tertiary alicyclic amines) is 1. The van der Waals surface area contributed by atoms with E-state index in [1.807, 2.05) is 0 Å². The molecule has 2 aliphatic carbocycles. The number of methoxy groups -OCH3 is 1. The van der Waals surface area contributed by atoms with Gasteiger partial charge in [0.1, 0.15) is 6.04 Å². The minimum absolute atomic E-state index is 0.0915. The molecule has 0 aromatic rings. The van der Waals surface area contributed by atoms with Crippen LogP contribution in [-0.2, 0) is 9.53 Å². The highest BCUT2D eigenvalue weighted by Crippen LogP contribution is 2.36. The first-order valence-corrected chi connectivity index (χ1v) is 7.86. The summed E-state index contributed by atoms with van der Waals surface area (Å²) in [5.74, 6) is 0.791. The van der Waals surface area contributed by atoms with Gasteiger partial charge in [0.15, 0.2) is 0 Å². The number of fused-ring (bicyclic) bond motifs is 1. The van der Waals surface area contributed by atoms with E-state index in [1.54, 1.807) is 0 Å². The Kier molecular flexibility index (Phi) is 4.08. The topological polar surface area (TPSA) is 41.6 Å². The molecule has 1 saturated heterocycles. The summed E-state index contributed by atoms with van der Waals surface area (Å²) in [6, 6.07) is 1.15. The molecule has 3 atom stereocenters. The monoisotopic (exact) mass is 266 g/mol. The van der Waals surface area contributed by atoms with Crippen molar-refractivity contribution in [3.63, 3.8) is 0 Å². The van der Waals surface area contributed by atoms with Crippen LogP contribution < -0.4 is 5.32 Å². The molecule has 3 unspecified atom stereocenters. The third-order valence-electron chi connectivity index (χ3n) is 5.04. The van der Waals surface area contributed by atoms with E-state index >= 15 is 0 Å². The first-order valence-electron chi connectivity index (χ1n) is 7.86. The molecule has 108 valence electrons. The molecule has 2 saturated carbocycles. The van der Waals surface area contributed by atoms with Crippen LogP contribution in [0.4, 0.5) is 0 Å². The van der Waals surface area contributed by atoms with Crippen molar-refractivity contribution in [3.8, 4) is 0 Å². The van der Waals surface area contributed by atoms with Crippen LogP contribution in [0, 0.1) is 5.92 Å². The predicted molar refractivity (Wildman–Crippen MR) is 73.9 cm³/mol. The molecular weight excluding hydrogens is 240 g/mol. The van der Waals surface area contributed by atoms with E-state index in [-0.39, 0.29) is 12.0 Å². The normalized spacial score (nSPS) is 32.9. The van der Waals surface area contributed by atoms with Crippen LogP contribution in [0.15, 0.2) is 0 Å². The van der Waals surface area contributed by atoms with Gasteiger partial charge < -0.3 is 10.1 Å². The molecule has 0 bridgehead atoms. The molecule has 0 aromatic carbocycles. The van der Waals surface area contributed by atoms with Gasteiger partial charge in [-0.3, -0.25) is 9.69 Å². The van der Waals surface area contributed by atoms with Crippen LogP contribution in [-0.4, -0.2) is 49.2 Å². The smallest absolute Gasteiger partial charge is 0.324 e. The number of carbonyl (C=O) groups excluding carboxylic acids is 1. The van der Waals surface area contributed by atoms with Crippen molar-refractivity contribution in [1.82, 2.24) is 10.2 Å². The number of nitrogens with zero attached hydrogens (tertiary/aromatic N) is 1. The number of nitrogens with one attached hydrogen (secondary N) is 1. The van der Waals surface area contributed by atoms with Crippen molar-refractivity contribution in [3.05, 3.63) is 0 Å². The van der Waals surface area contributed by atoms with Crippen molar-refractivity contribution in [2.24, 2.45) is 5.92 Å². The first kappa shape index (κ1) is 13.4. The lowest BCUT2D eigenvalue weighted by atomic mass is 9.85. The Bertz CT molecular complexity index is 330. The van der Waals surface area contributed by atoms with Gasteiger partial charge in [0, 0.05) is 18.6 Å². The molecule has 0 spiro atoms. The standard InChI is InChI=1S/C15H26N2O2/c1-19-15(18)13(16-12-6-7-12)10-17-9-8-11-4-2-3-5-14(11)17/h11-14,16H,2-10H2,1H3. The van der Waals surface area contributed by atoms with Gasteiger partial charge in [0.05, 0.1) is 7.11 Å². The SMILES string of the molecule is COC(=O)C(CN1CCC2CCCCC21)NC1CC1. The maximum atomic E-state index is 11.9. The van der Waals surface area contributed by atoms with Crippen molar-refractivity contribution in [2.45, 2.75) is 63.1 Å². The van der Waals surface area contributed by atoms with E-state index in [1.165, 1.54) is 52.1 Å². The van der Waals surface area contributed by atoms with Crippen LogP contribution in [0.3, 0.4) is 0 Å². The van der Waals surface area contributed by atoms with Crippen LogP contribution in [0.25, 0.3) is 0 Å². The van der Waals surface area contributed by atoms with Gasteiger partial charge in [-0.15, -0.1) is 0 Å². The molecule has 3 rings (SSSR count). The fraction of sp³-hybridized carbons (Fsp3) is 0.933. The third kappa shape index (κ3) is 3.11. The van der Waals surface area contributed by atoms with Crippen LogP contribution in [0.5, 0.6) is 0 Å². The van der Waals surface area contributed by atoms with E-state index in [0.29, 0.717) is 6.04 Å². The minimum atomic E-state index is -0.127. The molecule has 4 nitrogen and oxygen atoms in total. The Morgan fingerprint density at radius 3 is 2.79 bits per heavy atom. The molecule has 0 radical (unpaired) electrons. The Labute approximate surface area is 115 Å². The highest BCUT2D eigenvalue weighted by atomic mass is 16.5. The van der Waals surface area contributed by atoms with Crippen LogP contribution in [0.2, 0.25) is 0 Å². The maximum Gasteiger partial charge on any atom is 0.324 e. The second kappa shape index (κ2) is 5.80. The molecule has 19 heavy (non-hydrogen) atoms. The second-order valence-corrected chi connectivity index (χ2v) is 6.41. The van der Waals surface area contributed by atoms with E-state index in [9.17, 15) is 4.79 Å². The number of rotatable bonds is 5. The Morgan fingerprint density at radius 1 is 1.26 bits per heavy atom. The van der Waals surface area contributed by atoms with E-state index < -0.39 is 0 Å². The second-order valence-electron chi connectivity index (χ2n) is 6.41. The summed E-state index contributed by atoms with van der Waals surface area (Å²) in [4.78, 5) is 14.5. The number of hydrogen-bond acceptors (Lipinski definition) is 4. The van der Waals surface area contributed by atoms with Gasteiger partial charge in [-0.1, -0.05) is 12.8 Å². The molecule has 4 heteroatoms. The zero-order valence-corrected chi connectivity index (χ0v) is 11.9. The zero-order chi connectivity index (χ0) is 13.2. The van der Waals surface area contributed by atoms with Gasteiger partial charge in [-0.05, 0) is 44.6 Å². The van der Waals surface area contributed by atoms with Crippen molar-refractivity contribution < 1.29 is 9.53 Å². The zero-order valence-electron chi connectivity index (χ0n) is 11.9. The maximum absolute atomic E-state index is 11.9. The van der Waals surface area contributed by atoms with Gasteiger partial charge in [0.2, 0.25) is 0 Å². The van der Waals surface area contributed by atoms with Gasteiger partial charge >= 0.3 is 5.97 Å². The van der Waals surface area contributed by atoms with Crippen molar-refractivity contribution in [1.29, 1.82) is 0 Å². The summed E-state index contributed by atoms with van der Waals surface area (Å²) in [5.41, 5.74) is 0. The lowest BCUT2D eigenvalue weighted by Gasteiger charge is -2.33. The van der Waals surface area contributed by atoms with Gasteiger partial charge in [0.25, 0.3) is 0 Å². The molecule has 3 aliphatic rings. The molecule has 3 fully saturated rings. The highest BCUT2D eigenvalue weighted by Gasteiger charge is 2.38. The Balaban J connectivity index is 1.59. The van der Waals surface area contributed by atoms with Crippen LogP contribution in [0.1, 0.15) is 44.9 Å². The quantitative estimate of drug-likeness (QED) is 0.767. The Morgan fingerprint density at radius 2 is 2.05 bits per heavy atom. The average Bonchev–Trinajstić information content (AvgIpc) is 3.17.